The van der Waals surface area contributed by atoms with E-state index in [9.17, 15) is 9.59 Å². The third kappa shape index (κ3) is 4.77. The first-order valence-corrected chi connectivity index (χ1v) is 6.69. The fourth-order valence-corrected chi connectivity index (χ4v) is 1.66. The summed E-state index contributed by atoms with van der Waals surface area (Å²) in [4.78, 5) is 25.4. The molecule has 1 atom stereocenters. The van der Waals surface area contributed by atoms with E-state index >= 15 is 0 Å². The van der Waals surface area contributed by atoms with Crippen LogP contribution in [0, 0.1) is 0 Å². The van der Waals surface area contributed by atoms with E-state index in [2.05, 4.69) is 5.32 Å². The SMILES string of the molecule is CC[C@H](C)NC(=O)CCN(CC)C(=O)c1ccoc1. The molecule has 106 valence electrons. The summed E-state index contributed by atoms with van der Waals surface area (Å²) < 4.78 is 4.90. The van der Waals surface area contributed by atoms with Crippen LogP contribution in [0.1, 0.15) is 44.0 Å². The van der Waals surface area contributed by atoms with E-state index in [0.29, 0.717) is 25.1 Å². The van der Waals surface area contributed by atoms with Gasteiger partial charge in [-0.3, -0.25) is 9.59 Å². The Morgan fingerprint density at radius 3 is 2.68 bits per heavy atom. The zero-order valence-electron chi connectivity index (χ0n) is 11.8. The smallest absolute Gasteiger partial charge is 0.257 e. The van der Waals surface area contributed by atoms with Crippen molar-refractivity contribution in [3.8, 4) is 0 Å². The number of rotatable bonds is 7. The van der Waals surface area contributed by atoms with Crippen LogP contribution in [0.25, 0.3) is 0 Å². The van der Waals surface area contributed by atoms with Crippen LogP contribution in [-0.4, -0.2) is 35.8 Å². The van der Waals surface area contributed by atoms with Gasteiger partial charge in [0.05, 0.1) is 11.8 Å². The number of nitrogens with one attached hydrogen (secondary N) is 1. The van der Waals surface area contributed by atoms with Gasteiger partial charge in [-0.15, -0.1) is 0 Å². The van der Waals surface area contributed by atoms with Gasteiger partial charge in [-0.05, 0) is 26.3 Å². The minimum atomic E-state index is -0.104. The van der Waals surface area contributed by atoms with Gasteiger partial charge in [-0.1, -0.05) is 6.92 Å². The molecule has 1 N–H and O–H groups in total. The van der Waals surface area contributed by atoms with Crippen molar-refractivity contribution in [2.24, 2.45) is 0 Å². The predicted molar refractivity (Wildman–Crippen MR) is 72.8 cm³/mol. The Morgan fingerprint density at radius 2 is 2.16 bits per heavy atom. The van der Waals surface area contributed by atoms with E-state index in [1.165, 1.54) is 12.5 Å². The summed E-state index contributed by atoms with van der Waals surface area (Å²) in [6.07, 6.45) is 4.11. The van der Waals surface area contributed by atoms with Crippen molar-refractivity contribution < 1.29 is 14.0 Å². The Hall–Kier alpha value is -1.78. The number of amides is 2. The van der Waals surface area contributed by atoms with Crippen molar-refractivity contribution in [2.45, 2.75) is 39.7 Å². The molecule has 0 saturated carbocycles. The third-order valence-electron chi connectivity index (χ3n) is 3.07. The summed E-state index contributed by atoms with van der Waals surface area (Å²) in [5, 5.41) is 2.89. The summed E-state index contributed by atoms with van der Waals surface area (Å²) in [5.74, 6) is -0.125. The molecule has 1 rings (SSSR count). The minimum absolute atomic E-state index is 0.0206. The van der Waals surface area contributed by atoms with Crippen LogP contribution in [0.2, 0.25) is 0 Å². The van der Waals surface area contributed by atoms with Gasteiger partial charge in [-0.25, -0.2) is 0 Å². The summed E-state index contributed by atoms with van der Waals surface area (Å²) in [7, 11) is 0. The van der Waals surface area contributed by atoms with Crippen LogP contribution in [0.5, 0.6) is 0 Å². The van der Waals surface area contributed by atoms with Crippen molar-refractivity contribution in [3.63, 3.8) is 0 Å². The Kier molecular flexibility index (Phi) is 6.12. The maximum atomic E-state index is 12.1. The minimum Gasteiger partial charge on any atom is -0.472 e. The molecule has 0 radical (unpaired) electrons. The second kappa shape index (κ2) is 7.61. The van der Waals surface area contributed by atoms with Gasteiger partial charge < -0.3 is 14.6 Å². The highest BCUT2D eigenvalue weighted by atomic mass is 16.3. The molecular formula is C14H22N2O3. The molecule has 2 amide bonds. The zero-order valence-corrected chi connectivity index (χ0v) is 11.8. The molecule has 5 heteroatoms. The second-order valence-electron chi connectivity index (χ2n) is 4.52. The number of carbonyl (C=O) groups is 2. The van der Waals surface area contributed by atoms with Crippen molar-refractivity contribution >= 4 is 11.8 Å². The summed E-state index contributed by atoms with van der Waals surface area (Å²) >= 11 is 0. The molecule has 19 heavy (non-hydrogen) atoms. The zero-order chi connectivity index (χ0) is 14.3. The lowest BCUT2D eigenvalue weighted by Crippen LogP contribution is -2.37. The van der Waals surface area contributed by atoms with Gasteiger partial charge in [0, 0.05) is 25.6 Å². The second-order valence-corrected chi connectivity index (χ2v) is 4.52. The van der Waals surface area contributed by atoms with Crippen molar-refractivity contribution in [1.29, 1.82) is 0 Å². The average molecular weight is 266 g/mol. The van der Waals surface area contributed by atoms with Crippen LogP contribution in [0.15, 0.2) is 23.0 Å². The Bertz CT molecular complexity index is 401. The summed E-state index contributed by atoms with van der Waals surface area (Å²) in [5.41, 5.74) is 0.518. The molecule has 0 aromatic carbocycles. The highest BCUT2D eigenvalue weighted by Crippen LogP contribution is 2.06. The van der Waals surface area contributed by atoms with Gasteiger partial charge >= 0.3 is 0 Å². The fourth-order valence-electron chi connectivity index (χ4n) is 1.66. The fraction of sp³-hybridized carbons (Fsp3) is 0.571. The first-order chi connectivity index (χ1) is 9.08. The summed E-state index contributed by atoms with van der Waals surface area (Å²) in [6, 6.07) is 1.80. The summed E-state index contributed by atoms with van der Waals surface area (Å²) in [6.45, 7) is 6.87. The van der Waals surface area contributed by atoms with Crippen molar-refractivity contribution in [3.05, 3.63) is 24.2 Å². The lowest BCUT2D eigenvalue weighted by atomic mass is 10.2. The largest absolute Gasteiger partial charge is 0.472 e. The van der Waals surface area contributed by atoms with Crippen LogP contribution in [0.3, 0.4) is 0 Å². The monoisotopic (exact) mass is 266 g/mol. The standard InChI is InChI=1S/C14H22N2O3/c1-4-11(3)15-13(17)6-8-16(5-2)14(18)12-7-9-19-10-12/h7,9-11H,4-6,8H2,1-3H3,(H,15,17)/t11-/m0/s1. The Labute approximate surface area is 114 Å². The van der Waals surface area contributed by atoms with Gasteiger partial charge in [0.1, 0.15) is 6.26 Å². The average Bonchev–Trinajstić information content (AvgIpc) is 2.92. The van der Waals surface area contributed by atoms with Gasteiger partial charge in [0.2, 0.25) is 5.91 Å². The van der Waals surface area contributed by atoms with Crippen LogP contribution in [0.4, 0.5) is 0 Å². The molecule has 0 spiro atoms. The first-order valence-electron chi connectivity index (χ1n) is 6.69. The number of hydrogen-bond donors (Lipinski definition) is 1. The number of nitrogens with zero attached hydrogens (tertiary/aromatic N) is 1. The molecule has 5 nitrogen and oxygen atoms in total. The maximum absolute atomic E-state index is 12.1. The number of carbonyl (C=O) groups excluding carboxylic acids is 2. The Morgan fingerprint density at radius 1 is 1.42 bits per heavy atom. The lowest BCUT2D eigenvalue weighted by molar-refractivity contribution is -0.121. The molecular weight excluding hydrogens is 244 g/mol. The molecule has 0 unspecified atom stereocenters. The van der Waals surface area contributed by atoms with Crippen LogP contribution in [-0.2, 0) is 4.79 Å². The highest BCUT2D eigenvalue weighted by molar-refractivity contribution is 5.94. The van der Waals surface area contributed by atoms with E-state index in [1.807, 2.05) is 20.8 Å². The van der Waals surface area contributed by atoms with Gasteiger partial charge in [-0.2, -0.15) is 0 Å². The highest BCUT2D eigenvalue weighted by Gasteiger charge is 2.16. The van der Waals surface area contributed by atoms with Gasteiger partial charge in [0.15, 0.2) is 0 Å². The van der Waals surface area contributed by atoms with Crippen LogP contribution >= 0.6 is 0 Å². The first kappa shape index (κ1) is 15.3. The molecule has 0 aliphatic rings. The molecule has 0 aliphatic carbocycles. The van der Waals surface area contributed by atoms with Gasteiger partial charge in [0.25, 0.3) is 5.91 Å². The Balaban J connectivity index is 2.45. The quantitative estimate of drug-likeness (QED) is 0.821. The molecule has 0 fully saturated rings. The van der Waals surface area contributed by atoms with E-state index in [-0.39, 0.29) is 17.9 Å². The molecule has 0 bridgehead atoms. The van der Waals surface area contributed by atoms with Crippen molar-refractivity contribution in [2.75, 3.05) is 13.1 Å². The van der Waals surface area contributed by atoms with E-state index in [1.54, 1.807) is 11.0 Å². The molecule has 1 aromatic rings. The third-order valence-corrected chi connectivity index (χ3v) is 3.07. The number of hydrogen-bond acceptors (Lipinski definition) is 3. The normalized spacial score (nSPS) is 11.9. The molecule has 0 saturated heterocycles. The predicted octanol–water partition coefficient (Wildman–Crippen LogP) is 2.05. The lowest BCUT2D eigenvalue weighted by Gasteiger charge is -2.20. The number of furan rings is 1. The van der Waals surface area contributed by atoms with E-state index in [0.717, 1.165) is 6.42 Å². The van der Waals surface area contributed by atoms with Crippen molar-refractivity contribution in [1.82, 2.24) is 10.2 Å². The van der Waals surface area contributed by atoms with Crippen LogP contribution < -0.4 is 5.32 Å². The van der Waals surface area contributed by atoms with E-state index in [4.69, 9.17) is 4.42 Å². The van der Waals surface area contributed by atoms with E-state index < -0.39 is 0 Å². The molecule has 1 heterocycles. The maximum Gasteiger partial charge on any atom is 0.257 e. The topological polar surface area (TPSA) is 62.6 Å². The molecule has 0 aliphatic heterocycles. The molecule has 1 aromatic heterocycles.